The molecule has 3 aromatic carbocycles. The number of anilines is 1. The zero-order chi connectivity index (χ0) is 25.6. The van der Waals surface area contributed by atoms with Gasteiger partial charge in [-0.15, -0.1) is 0 Å². The predicted octanol–water partition coefficient (Wildman–Crippen LogP) is 5.70. The number of aryl methyl sites for hydroxylation is 1. The number of hydrazone groups is 1. The Kier molecular flexibility index (Phi) is 8.35. The molecule has 0 heterocycles. The number of halogens is 1. The summed E-state index contributed by atoms with van der Waals surface area (Å²) in [6.45, 7) is 7.48. The molecule has 1 amide bonds. The van der Waals surface area contributed by atoms with E-state index in [2.05, 4.69) is 36.5 Å². The number of sulfonamides is 1. The number of nitrogens with zero attached hydrogens (tertiary/aromatic N) is 2. The van der Waals surface area contributed by atoms with Crippen LogP contribution in [-0.4, -0.2) is 26.6 Å². The zero-order valence-electron chi connectivity index (χ0n) is 20.3. The number of hydrogen-bond donors (Lipinski definition) is 1. The molecule has 0 aliphatic heterocycles. The Morgan fingerprint density at radius 2 is 1.66 bits per heavy atom. The number of carbonyl (C=O) groups is 1. The van der Waals surface area contributed by atoms with E-state index in [4.69, 9.17) is 11.6 Å². The lowest BCUT2D eigenvalue weighted by molar-refractivity contribution is -0.119. The van der Waals surface area contributed by atoms with Crippen molar-refractivity contribution in [3.8, 4) is 0 Å². The van der Waals surface area contributed by atoms with Crippen molar-refractivity contribution < 1.29 is 13.2 Å². The smallest absolute Gasteiger partial charge is 0.264 e. The van der Waals surface area contributed by atoms with Gasteiger partial charge in [0.25, 0.3) is 15.9 Å². The Hall–Kier alpha value is -3.16. The Balaban J connectivity index is 1.80. The van der Waals surface area contributed by atoms with E-state index in [9.17, 15) is 13.2 Å². The molecule has 0 unspecified atom stereocenters. The van der Waals surface area contributed by atoms with Crippen molar-refractivity contribution in [3.05, 3.63) is 95.0 Å². The van der Waals surface area contributed by atoms with Crippen LogP contribution in [0.2, 0.25) is 5.02 Å². The molecule has 0 saturated carbocycles. The van der Waals surface area contributed by atoms with Gasteiger partial charge in [0.05, 0.1) is 10.6 Å². The third-order valence-electron chi connectivity index (χ3n) is 5.62. The molecule has 0 aliphatic carbocycles. The van der Waals surface area contributed by atoms with Crippen molar-refractivity contribution >= 4 is 38.9 Å². The van der Waals surface area contributed by atoms with E-state index in [1.807, 2.05) is 32.0 Å². The van der Waals surface area contributed by atoms with Gasteiger partial charge < -0.3 is 0 Å². The fourth-order valence-corrected chi connectivity index (χ4v) is 5.38. The maximum absolute atomic E-state index is 13.4. The van der Waals surface area contributed by atoms with Crippen molar-refractivity contribution in [3.63, 3.8) is 0 Å². The summed E-state index contributed by atoms with van der Waals surface area (Å²) in [6, 6.07) is 22.9. The first-order chi connectivity index (χ1) is 16.5. The number of carbonyl (C=O) groups excluding carboxylic acids is 1. The minimum Gasteiger partial charge on any atom is -0.271 e. The molecule has 0 bridgehead atoms. The molecule has 0 spiro atoms. The van der Waals surface area contributed by atoms with Crippen LogP contribution in [0.25, 0.3) is 0 Å². The van der Waals surface area contributed by atoms with Crippen LogP contribution in [0.15, 0.2) is 88.9 Å². The van der Waals surface area contributed by atoms with E-state index < -0.39 is 22.5 Å². The summed E-state index contributed by atoms with van der Waals surface area (Å²) in [7, 11) is -4.02. The second-order valence-electron chi connectivity index (χ2n) is 9.11. The lowest BCUT2D eigenvalue weighted by atomic mass is 9.80. The summed E-state index contributed by atoms with van der Waals surface area (Å²) in [6.07, 6.45) is 0.622. The lowest BCUT2D eigenvalue weighted by Crippen LogP contribution is -2.39. The van der Waals surface area contributed by atoms with Crippen LogP contribution in [0.5, 0.6) is 0 Å². The van der Waals surface area contributed by atoms with Gasteiger partial charge in [0.1, 0.15) is 6.54 Å². The highest BCUT2D eigenvalue weighted by Crippen LogP contribution is 2.28. The van der Waals surface area contributed by atoms with Gasteiger partial charge in [-0.2, -0.15) is 5.10 Å². The second-order valence-corrected chi connectivity index (χ2v) is 11.4. The van der Waals surface area contributed by atoms with Gasteiger partial charge in [-0.3, -0.25) is 9.10 Å². The van der Waals surface area contributed by atoms with Crippen LogP contribution < -0.4 is 9.73 Å². The zero-order valence-corrected chi connectivity index (χ0v) is 21.9. The Morgan fingerprint density at radius 3 is 2.29 bits per heavy atom. The molecule has 184 valence electrons. The molecule has 1 N–H and O–H groups in total. The van der Waals surface area contributed by atoms with Gasteiger partial charge in [0.2, 0.25) is 0 Å². The summed E-state index contributed by atoms with van der Waals surface area (Å²) in [4.78, 5) is 12.9. The van der Waals surface area contributed by atoms with Crippen LogP contribution in [0.1, 0.15) is 38.3 Å². The molecule has 0 atom stereocenters. The average Bonchev–Trinajstić information content (AvgIpc) is 2.81. The third kappa shape index (κ3) is 6.93. The highest BCUT2D eigenvalue weighted by molar-refractivity contribution is 7.92. The summed E-state index contributed by atoms with van der Waals surface area (Å²) in [5.41, 5.74) is 5.44. The first-order valence-electron chi connectivity index (χ1n) is 11.2. The van der Waals surface area contributed by atoms with Crippen molar-refractivity contribution in [2.24, 2.45) is 5.10 Å². The van der Waals surface area contributed by atoms with Crippen LogP contribution in [0, 0.1) is 6.92 Å². The number of benzene rings is 3. The second kappa shape index (κ2) is 11.1. The van der Waals surface area contributed by atoms with Crippen LogP contribution >= 0.6 is 11.6 Å². The molecule has 0 saturated heterocycles. The van der Waals surface area contributed by atoms with Gasteiger partial charge in [-0.05, 0) is 61.6 Å². The molecule has 8 heteroatoms. The molecule has 6 nitrogen and oxygen atoms in total. The molecule has 0 fully saturated rings. The van der Waals surface area contributed by atoms with Crippen molar-refractivity contribution in [2.45, 2.75) is 44.4 Å². The average molecular weight is 512 g/mol. The van der Waals surface area contributed by atoms with E-state index in [-0.39, 0.29) is 10.3 Å². The van der Waals surface area contributed by atoms with Gasteiger partial charge in [0.15, 0.2) is 0 Å². The molecule has 3 rings (SSSR count). The topological polar surface area (TPSA) is 78.8 Å². The molecule has 3 aromatic rings. The molecule has 0 aliphatic rings. The normalized spacial score (nSPS) is 12.3. The van der Waals surface area contributed by atoms with E-state index in [0.29, 0.717) is 17.1 Å². The van der Waals surface area contributed by atoms with Crippen LogP contribution in [0.4, 0.5) is 5.69 Å². The van der Waals surface area contributed by atoms with Crippen molar-refractivity contribution in [2.75, 3.05) is 10.8 Å². The maximum atomic E-state index is 13.4. The lowest BCUT2D eigenvalue weighted by Gasteiger charge is -2.25. The van der Waals surface area contributed by atoms with Gasteiger partial charge in [-0.1, -0.05) is 79.5 Å². The third-order valence-corrected chi connectivity index (χ3v) is 7.64. The van der Waals surface area contributed by atoms with E-state index in [1.54, 1.807) is 30.3 Å². The van der Waals surface area contributed by atoms with Crippen LogP contribution in [-0.2, 0) is 20.2 Å². The Bertz CT molecular complexity index is 1310. The minimum absolute atomic E-state index is 0.0835. The largest absolute Gasteiger partial charge is 0.271 e. The quantitative estimate of drug-likeness (QED) is 0.295. The first-order valence-corrected chi connectivity index (χ1v) is 13.0. The highest BCUT2D eigenvalue weighted by atomic mass is 35.5. The summed E-state index contributed by atoms with van der Waals surface area (Å²) in [5.74, 6) is -0.558. The first kappa shape index (κ1) is 26.4. The molecular weight excluding hydrogens is 482 g/mol. The number of rotatable bonds is 9. The minimum atomic E-state index is -4.02. The predicted molar refractivity (Wildman–Crippen MR) is 142 cm³/mol. The van der Waals surface area contributed by atoms with Gasteiger partial charge in [-0.25, -0.2) is 13.8 Å². The summed E-state index contributed by atoms with van der Waals surface area (Å²) < 4.78 is 27.9. The monoisotopic (exact) mass is 511 g/mol. The van der Waals surface area contributed by atoms with Crippen molar-refractivity contribution in [1.82, 2.24) is 5.43 Å². The molecule has 0 radical (unpaired) electrons. The number of amides is 1. The van der Waals surface area contributed by atoms with Gasteiger partial charge in [0, 0.05) is 10.7 Å². The van der Waals surface area contributed by atoms with E-state index in [0.717, 1.165) is 21.1 Å². The molecule has 0 aromatic heterocycles. The SMILES string of the molecule is CC(CC(C)(C)c1ccccc1)=NNC(=O)CN(c1cccc(Cl)c1)S(=O)(=O)c1ccc(C)cc1. The maximum Gasteiger partial charge on any atom is 0.264 e. The van der Waals surface area contributed by atoms with Crippen LogP contribution in [0.3, 0.4) is 0 Å². The summed E-state index contributed by atoms with van der Waals surface area (Å²) in [5, 5.41) is 4.60. The number of nitrogens with one attached hydrogen (secondary N) is 1. The Morgan fingerprint density at radius 1 is 1.00 bits per heavy atom. The Labute approximate surface area is 212 Å². The molecular formula is C27H30ClN3O3S. The summed E-state index contributed by atoms with van der Waals surface area (Å²) >= 11 is 6.11. The number of hydrogen-bond acceptors (Lipinski definition) is 4. The standard InChI is InChI=1S/C27H30ClN3O3S/c1-20-13-15-25(16-14-20)35(33,34)31(24-12-8-11-23(28)17-24)19-26(32)30-29-21(2)18-27(3,4)22-9-6-5-7-10-22/h5-17H,18-19H2,1-4H3,(H,30,32). The van der Waals surface area contributed by atoms with E-state index >= 15 is 0 Å². The van der Waals surface area contributed by atoms with E-state index in [1.165, 1.54) is 18.2 Å². The van der Waals surface area contributed by atoms with Gasteiger partial charge >= 0.3 is 0 Å². The fraction of sp³-hybridized carbons (Fsp3) is 0.259. The highest BCUT2D eigenvalue weighted by Gasteiger charge is 2.27. The van der Waals surface area contributed by atoms with Crippen molar-refractivity contribution in [1.29, 1.82) is 0 Å². The fourth-order valence-electron chi connectivity index (χ4n) is 3.78. The molecule has 35 heavy (non-hydrogen) atoms.